The van der Waals surface area contributed by atoms with Gasteiger partial charge in [0.05, 0.1) is 5.25 Å². The van der Waals surface area contributed by atoms with Crippen molar-refractivity contribution in [1.82, 2.24) is 15.1 Å². The normalized spacial score (nSPS) is 23.6. The number of nitrogens with zero attached hydrogens (tertiary/aromatic N) is 2. The van der Waals surface area contributed by atoms with Crippen LogP contribution in [-0.2, 0) is 11.2 Å². The molecule has 0 radical (unpaired) electrons. The smallest absolute Gasteiger partial charge is 0.317 e. The number of piperazine rings is 1. The van der Waals surface area contributed by atoms with E-state index in [0.29, 0.717) is 32.2 Å². The van der Waals surface area contributed by atoms with Crippen LogP contribution in [0.1, 0.15) is 37.7 Å². The van der Waals surface area contributed by atoms with E-state index < -0.39 is 0 Å². The minimum absolute atomic E-state index is 0.00462. The van der Waals surface area contributed by atoms with Gasteiger partial charge in [-0.25, -0.2) is 4.79 Å². The van der Waals surface area contributed by atoms with Crippen molar-refractivity contribution in [3.8, 4) is 0 Å². The third-order valence-electron chi connectivity index (χ3n) is 5.73. The zero-order valence-corrected chi connectivity index (χ0v) is 16.0. The second-order valence-electron chi connectivity index (χ2n) is 7.52. The van der Waals surface area contributed by atoms with E-state index in [1.165, 1.54) is 29.7 Å². The Morgan fingerprint density at radius 3 is 2.38 bits per heavy atom. The molecule has 0 bridgehead atoms. The second kappa shape index (κ2) is 7.91. The molecule has 3 aliphatic rings. The van der Waals surface area contributed by atoms with E-state index in [-0.39, 0.29) is 17.2 Å². The summed E-state index contributed by atoms with van der Waals surface area (Å²) in [6, 6.07) is 8.67. The van der Waals surface area contributed by atoms with E-state index in [4.69, 9.17) is 0 Å². The highest BCUT2D eigenvalue weighted by Crippen LogP contribution is 2.37. The number of amides is 3. The molecule has 2 fully saturated rings. The van der Waals surface area contributed by atoms with Gasteiger partial charge in [-0.3, -0.25) is 4.79 Å². The number of urea groups is 1. The molecule has 26 heavy (non-hydrogen) atoms. The Kier molecular flexibility index (Phi) is 5.38. The highest BCUT2D eigenvalue weighted by atomic mass is 32.2. The summed E-state index contributed by atoms with van der Waals surface area (Å²) in [6.45, 7) is 2.55. The number of benzene rings is 1. The van der Waals surface area contributed by atoms with Gasteiger partial charge in [0.1, 0.15) is 0 Å². The lowest BCUT2D eigenvalue weighted by Crippen LogP contribution is -2.55. The number of hydrogen-bond donors (Lipinski definition) is 1. The van der Waals surface area contributed by atoms with Gasteiger partial charge >= 0.3 is 6.03 Å². The number of hydrogen-bond acceptors (Lipinski definition) is 3. The molecule has 1 saturated carbocycles. The Labute approximate surface area is 159 Å². The Balaban J connectivity index is 1.26. The van der Waals surface area contributed by atoms with E-state index >= 15 is 0 Å². The molecule has 1 atom stereocenters. The fourth-order valence-electron chi connectivity index (χ4n) is 4.17. The van der Waals surface area contributed by atoms with Crippen LogP contribution in [0.4, 0.5) is 4.79 Å². The summed E-state index contributed by atoms with van der Waals surface area (Å²) in [5.41, 5.74) is 1.28. The molecule has 2 heterocycles. The number of carbonyl (C=O) groups excluding carboxylic acids is 2. The first kappa shape index (κ1) is 17.7. The highest BCUT2D eigenvalue weighted by molar-refractivity contribution is 8.01. The van der Waals surface area contributed by atoms with Crippen molar-refractivity contribution in [1.29, 1.82) is 0 Å². The van der Waals surface area contributed by atoms with Crippen molar-refractivity contribution in [3.05, 3.63) is 29.8 Å². The van der Waals surface area contributed by atoms with Crippen molar-refractivity contribution in [3.63, 3.8) is 0 Å². The molecular formula is C20H27N3O2S. The summed E-state index contributed by atoms with van der Waals surface area (Å²) >= 11 is 1.68. The summed E-state index contributed by atoms with van der Waals surface area (Å²) in [5.74, 6) is 0.221. The summed E-state index contributed by atoms with van der Waals surface area (Å²) in [6.07, 6.45) is 6.74. The molecule has 1 saturated heterocycles. The molecular weight excluding hydrogens is 346 g/mol. The van der Waals surface area contributed by atoms with Crippen molar-refractivity contribution in [2.24, 2.45) is 0 Å². The molecule has 4 rings (SSSR count). The van der Waals surface area contributed by atoms with E-state index in [9.17, 15) is 9.59 Å². The molecule has 6 heteroatoms. The molecule has 5 nitrogen and oxygen atoms in total. The van der Waals surface area contributed by atoms with E-state index in [0.717, 1.165) is 19.3 Å². The van der Waals surface area contributed by atoms with Crippen LogP contribution in [0.15, 0.2) is 29.2 Å². The average molecular weight is 374 g/mol. The molecule has 1 aromatic carbocycles. The molecule has 1 aromatic rings. The minimum atomic E-state index is -0.00462. The van der Waals surface area contributed by atoms with Gasteiger partial charge in [0.2, 0.25) is 5.91 Å². The maximum Gasteiger partial charge on any atom is 0.317 e. The molecule has 1 N–H and O–H groups in total. The van der Waals surface area contributed by atoms with Crippen LogP contribution in [-0.4, -0.2) is 59.2 Å². The van der Waals surface area contributed by atoms with Crippen molar-refractivity contribution in [2.75, 3.05) is 26.2 Å². The first-order chi connectivity index (χ1) is 12.7. The fourth-order valence-corrected chi connectivity index (χ4v) is 5.45. The highest BCUT2D eigenvalue weighted by Gasteiger charge is 2.33. The molecule has 0 spiro atoms. The second-order valence-corrected chi connectivity index (χ2v) is 8.76. The van der Waals surface area contributed by atoms with Gasteiger partial charge in [-0.05, 0) is 30.9 Å². The summed E-state index contributed by atoms with van der Waals surface area (Å²) in [7, 11) is 0. The number of thioether (sulfide) groups is 1. The number of fused-ring (bicyclic) bond motifs is 1. The van der Waals surface area contributed by atoms with Crippen LogP contribution in [0.5, 0.6) is 0 Å². The first-order valence-corrected chi connectivity index (χ1v) is 10.7. The van der Waals surface area contributed by atoms with Gasteiger partial charge in [0.25, 0.3) is 0 Å². The predicted octanol–water partition coefficient (Wildman–Crippen LogP) is 2.89. The Bertz CT molecular complexity index is 642. The van der Waals surface area contributed by atoms with Crippen molar-refractivity contribution in [2.45, 2.75) is 54.7 Å². The molecule has 0 aromatic heterocycles. The number of rotatable bonds is 2. The topological polar surface area (TPSA) is 52.7 Å². The summed E-state index contributed by atoms with van der Waals surface area (Å²) in [4.78, 5) is 30.3. The van der Waals surface area contributed by atoms with Gasteiger partial charge in [-0.2, -0.15) is 0 Å². The van der Waals surface area contributed by atoms with Crippen LogP contribution in [0, 0.1) is 0 Å². The van der Waals surface area contributed by atoms with E-state index in [1.807, 2.05) is 21.9 Å². The minimum Gasteiger partial charge on any atom is -0.338 e. The molecule has 1 aliphatic carbocycles. The average Bonchev–Trinajstić information content (AvgIpc) is 3.12. The quantitative estimate of drug-likeness (QED) is 0.867. The van der Waals surface area contributed by atoms with Crippen LogP contribution >= 0.6 is 11.8 Å². The largest absolute Gasteiger partial charge is 0.338 e. The van der Waals surface area contributed by atoms with Crippen LogP contribution in [0.2, 0.25) is 0 Å². The Morgan fingerprint density at radius 1 is 0.962 bits per heavy atom. The third kappa shape index (κ3) is 3.85. The Morgan fingerprint density at radius 2 is 1.65 bits per heavy atom. The lowest BCUT2D eigenvalue weighted by molar-refractivity contribution is -0.131. The van der Waals surface area contributed by atoms with E-state index in [1.54, 1.807) is 11.8 Å². The van der Waals surface area contributed by atoms with Gasteiger partial charge in [-0.1, -0.05) is 37.5 Å². The summed E-state index contributed by atoms with van der Waals surface area (Å²) in [5, 5.41) is 3.17. The van der Waals surface area contributed by atoms with Crippen molar-refractivity contribution >= 4 is 23.7 Å². The SMILES string of the molecule is O=C(NC1CCCCC1)N1CCN(C(=O)C2Cc3ccccc3S2)CC1. The van der Waals surface area contributed by atoms with E-state index in [2.05, 4.69) is 17.4 Å². The molecule has 3 amide bonds. The number of carbonyl (C=O) groups is 2. The maximum absolute atomic E-state index is 12.8. The lowest BCUT2D eigenvalue weighted by atomic mass is 9.96. The molecule has 2 aliphatic heterocycles. The fraction of sp³-hybridized carbons (Fsp3) is 0.600. The third-order valence-corrected chi connectivity index (χ3v) is 7.04. The maximum atomic E-state index is 12.8. The summed E-state index contributed by atoms with van der Waals surface area (Å²) < 4.78 is 0. The van der Waals surface area contributed by atoms with Crippen LogP contribution in [0.25, 0.3) is 0 Å². The zero-order chi connectivity index (χ0) is 17.9. The lowest BCUT2D eigenvalue weighted by Gasteiger charge is -2.36. The van der Waals surface area contributed by atoms with Gasteiger partial charge < -0.3 is 15.1 Å². The predicted molar refractivity (Wildman–Crippen MR) is 103 cm³/mol. The van der Waals surface area contributed by atoms with Gasteiger partial charge in [-0.15, -0.1) is 11.8 Å². The zero-order valence-electron chi connectivity index (χ0n) is 15.2. The standard InChI is InChI=1S/C20H27N3O2S/c24-19(18-14-15-6-4-5-9-17(15)26-18)22-10-12-23(13-11-22)20(25)21-16-7-2-1-3-8-16/h4-6,9,16,18H,1-3,7-8,10-14H2,(H,21,25). The van der Waals surface area contributed by atoms with Gasteiger partial charge in [0.15, 0.2) is 0 Å². The first-order valence-electron chi connectivity index (χ1n) is 9.79. The van der Waals surface area contributed by atoms with Gasteiger partial charge in [0, 0.05) is 37.1 Å². The molecule has 140 valence electrons. The number of nitrogens with one attached hydrogen (secondary N) is 1. The van der Waals surface area contributed by atoms with Crippen molar-refractivity contribution < 1.29 is 9.59 Å². The monoisotopic (exact) mass is 373 g/mol. The van der Waals surface area contributed by atoms with Crippen LogP contribution < -0.4 is 5.32 Å². The Hall–Kier alpha value is -1.69. The molecule has 1 unspecified atom stereocenters. The van der Waals surface area contributed by atoms with Crippen LogP contribution in [0.3, 0.4) is 0 Å².